The molecule has 0 aromatic rings. The van der Waals surface area contributed by atoms with Gasteiger partial charge in [0.25, 0.3) is 0 Å². The van der Waals surface area contributed by atoms with E-state index in [1.165, 1.54) is 24.3 Å². The van der Waals surface area contributed by atoms with Crippen molar-refractivity contribution in [3.05, 3.63) is 0 Å². The fraction of sp³-hybridized carbons (Fsp3) is 0.933. The minimum Gasteiger partial charge on any atom is -0.313 e. The molecule has 2 aliphatic rings. The highest BCUT2D eigenvalue weighted by molar-refractivity contribution is 5.84. The highest BCUT2D eigenvalue weighted by Gasteiger charge is 2.51. The largest absolute Gasteiger partial charge is 0.313 e. The van der Waals surface area contributed by atoms with Crippen molar-refractivity contribution < 1.29 is 10.0 Å². The summed E-state index contributed by atoms with van der Waals surface area (Å²) in [5.41, 5.74) is -0.949. The molecule has 4 heteroatoms. The third-order valence-electron chi connectivity index (χ3n) is 4.86. The Morgan fingerprint density at radius 3 is 2.32 bits per heavy atom. The van der Waals surface area contributed by atoms with Crippen LogP contribution in [0.1, 0.15) is 53.4 Å². The number of hydroxylamine groups is 2. The van der Waals surface area contributed by atoms with Crippen LogP contribution in [0.5, 0.6) is 0 Å². The SMILES string of the molecule is CC1(C)CC(=O)C(CN2CCCCC2)C(C)(C)N1O. The molecule has 2 fully saturated rings. The molecular weight excluding hydrogens is 240 g/mol. The van der Waals surface area contributed by atoms with Gasteiger partial charge >= 0.3 is 0 Å². The predicted octanol–water partition coefficient (Wildman–Crippen LogP) is 2.31. The van der Waals surface area contributed by atoms with Gasteiger partial charge < -0.3 is 10.1 Å². The number of piperidine rings is 2. The maximum absolute atomic E-state index is 12.5. The minimum atomic E-state index is -0.490. The first kappa shape index (κ1) is 14.9. The van der Waals surface area contributed by atoms with Gasteiger partial charge in [-0.15, -0.1) is 0 Å². The fourth-order valence-corrected chi connectivity index (χ4v) is 3.67. The number of carbonyl (C=O) groups excluding carboxylic acids is 1. The van der Waals surface area contributed by atoms with Crippen LogP contribution < -0.4 is 0 Å². The van der Waals surface area contributed by atoms with E-state index in [-0.39, 0.29) is 5.92 Å². The lowest BCUT2D eigenvalue weighted by molar-refractivity contribution is -0.252. The smallest absolute Gasteiger partial charge is 0.141 e. The zero-order chi connectivity index (χ0) is 14.3. The molecule has 1 atom stereocenters. The number of hydrogen-bond donors (Lipinski definition) is 1. The van der Waals surface area contributed by atoms with Crippen molar-refractivity contribution in [3.63, 3.8) is 0 Å². The van der Waals surface area contributed by atoms with E-state index in [0.717, 1.165) is 19.6 Å². The quantitative estimate of drug-likeness (QED) is 0.834. The molecule has 0 aromatic heterocycles. The standard InChI is InChI=1S/C15H28N2O2/c1-14(2)10-13(18)12(15(3,4)17(14)19)11-16-8-6-5-7-9-16/h12,19H,5-11H2,1-4H3. The molecular formula is C15H28N2O2. The number of carbonyl (C=O) groups is 1. The molecule has 0 aliphatic carbocycles. The van der Waals surface area contributed by atoms with Crippen LogP contribution in [0.3, 0.4) is 0 Å². The molecule has 2 rings (SSSR count). The van der Waals surface area contributed by atoms with Gasteiger partial charge in [-0.05, 0) is 53.6 Å². The van der Waals surface area contributed by atoms with Crippen molar-refractivity contribution in [1.82, 2.24) is 9.96 Å². The zero-order valence-electron chi connectivity index (χ0n) is 12.8. The van der Waals surface area contributed by atoms with Crippen LogP contribution >= 0.6 is 0 Å². The first-order chi connectivity index (χ1) is 8.75. The molecule has 0 aromatic carbocycles. The average molecular weight is 268 g/mol. The summed E-state index contributed by atoms with van der Waals surface area (Å²) in [7, 11) is 0. The first-order valence-corrected chi connectivity index (χ1v) is 7.49. The van der Waals surface area contributed by atoms with Crippen LogP contribution in [0.25, 0.3) is 0 Å². The van der Waals surface area contributed by atoms with Crippen LogP contribution in [-0.2, 0) is 4.79 Å². The van der Waals surface area contributed by atoms with Crippen LogP contribution in [0.15, 0.2) is 0 Å². The monoisotopic (exact) mass is 268 g/mol. The van der Waals surface area contributed by atoms with Gasteiger partial charge in [-0.1, -0.05) is 6.42 Å². The van der Waals surface area contributed by atoms with E-state index in [1.54, 1.807) is 0 Å². The third kappa shape index (κ3) is 2.86. The Morgan fingerprint density at radius 2 is 1.74 bits per heavy atom. The molecule has 2 saturated heterocycles. The van der Waals surface area contributed by atoms with Gasteiger partial charge in [-0.3, -0.25) is 4.79 Å². The Balaban J connectivity index is 2.12. The number of rotatable bonds is 2. The lowest BCUT2D eigenvalue weighted by atomic mass is 9.72. The molecule has 0 spiro atoms. The maximum Gasteiger partial charge on any atom is 0.141 e. The van der Waals surface area contributed by atoms with E-state index in [2.05, 4.69) is 4.90 Å². The van der Waals surface area contributed by atoms with E-state index in [1.807, 2.05) is 27.7 Å². The Kier molecular flexibility index (Phi) is 4.05. The zero-order valence-corrected chi connectivity index (χ0v) is 12.8. The summed E-state index contributed by atoms with van der Waals surface area (Å²) < 4.78 is 0. The van der Waals surface area contributed by atoms with Gasteiger partial charge in [0, 0.05) is 18.5 Å². The fourth-order valence-electron chi connectivity index (χ4n) is 3.67. The van der Waals surface area contributed by atoms with Crippen LogP contribution in [-0.4, -0.2) is 51.7 Å². The molecule has 2 heterocycles. The van der Waals surface area contributed by atoms with Crippen molar-refractivity contribution in [2.75, 3.05) is 19.6 Å². The normalized spacial score (nSPS) is 32.5. The Morgan fingerprint density at radius 1 is 1.16 bits per heavy atom. The number of nitrogens with zero attached hydrogens (tertiary/aromatic N) is 2. The van der Waals surface area contributed by atoms with Gasteiger partial charge in [0.2, 0.25) is 0 Å². The van der Waals surface area contributed by atoms with E-state index in [4.69, 9.17) is 0 Å². The van der Waals surface area contributed by atoms with Gasteiger partial charge in [0.1, 0.15) is 5.78 Å². The summed E-state index contributed by atoms with van der Waals surface area (Å²) >= 11 is 0. The lowest BCUT2D eigenvalue weighted by Crippen LogP contribution is -2.65. The number of likely N-dealkylation sites (tertiary alicyclic amines) is 1. The van der Waals surface area contributed by atoms with Gasteiger partial charge in [0.15, 0.2) is 0 Å². The highest BCUT2D eigenvalue weighted by atomic mass is 16.5. The second-order valence-electron chi connectivity index (χ2n) is 7.33. The Labute approximate surface area is 116 Å². The van der Waals surface area contributed by atoms with Gasteiger partial charge in [-0.2, -0.15) is 5.06 Å². The minimum absolute atomic E-state index is 0.0939. The second-order valence-corrected chi connectivity index (χ2v) is 7.33. The van der Waals surface area contributed by atoms with Crippen molar-refractivity contribution >= 4 is 5.78 Å². The van der Waals surface area contributed by atoms with Crippen molar-refractivity contribution in [2.24, 2.45) is 5.92 Å². The maximum atomic E-state index is 12.5. The first-order valence-electron chi connectivity index (χ1n) is 7.49. The van der Waals surface area contributed by atoms with Gasteiger partial charge in [-0.25, -0.2) is 0 Å². The molecule has 0 bridgehead atoms. The molecule has 0 saturated carbocycles. The number of ketones is 1. The van der Waals surface area contributed by atoms with Crippen molar-refractivity contribution in [1.29, 1.82) is 0 Å². The number of hydrogen-bond acceptors (Lipinski definition) is 4. The van der Waals surface area contributed by atoms with Crippen LogP contribution in [0, 0.1) is 5.92 Å². The number of Topliss-reactive ketones (excluding diaryl/α,β-unsaturated/α-hetero) is 1. The van der Waals surface area contributed by atoms with E-state index >= 15 is 0 Å². The summed E-state index contributed by atoms with van der Waals surface area (Å²) in [5, 5.41) is 11.9. The topological polar surface area (TPSA) is 43.8 Å². The summed E-state index contributed by atoms with van der Waals surface area (Å²) in [6, 6.07) is 0. The van der Waals surface area contributed by atoms with Crippen LogP contribution in [0.2, 0.25) is 0 Å². The lowest BCUT2D eigenvalue weighted by Gasteiger charge is -2.52. The van der Waals surface area contributed by atoms with E-state index in [9.17, 15) is 10.0 Å². The molecule has 4 nitrogen and oxygen atoms in total. The summed E-state index contributed by atoms with van der Waals surface area (Å²) in [4.78, 5) is 14.9. The molecule has 1 N–H and O–H groups in total. The molecule has 1 unspecified atom stereocenters. The summed E-state index contributed by atoms with van der Waals surface area (Å²) in [5.74, 6) is 0.203. The van der Waals surface area contributed by atoms with Crippen molar-refractivity contribution in [3.8, 4) is 0 Å². The molecule has 0 radical (unpaired) electrons. The molecule has 19 heavy (non-hydrogen) atoms. The van der Waals surface area contributed by atoms with E-state index < -0.39 is 11.1 Å². The third-order valence-corrected chi connectivity index (χ3v) is 4.86. The molecule has 110 valence electrons. The average Bonchev–Trinajstić information content (AvgIpc) is 2.34. The second kappa shape index (κ2) is 5.15. The summed E-state index contributed by atoms with van der Waals surface area (Å²) in [6.07, 6.45) is 4.20. The van der Waals surface area contributed by atoms with E-state index in [0.29, 0.717) is 12.2 Å². The Bertz CT molecular complexity index is 346. The predicted molar refractivity (Wildman–Crippen MR) is 75.2 cm³/mol. The van der Waals surface area contributed by atoms with Gasteiger partial charge in [0.05, 0.1) is 11.5 Å². The molecule has 0 amide bonds. The highest BCUT2D eigenvalue weighted by Crippen LogP contribution is 2.39. The molecule has 2 aliphatic heterocycles. The Hall–Kier alpha value is -0.450. The van der Waals surface area contributed by atoms with Crippen LogP contribution in [0.4, 0.5) is 0 Å². The van der Waals surface area contributed by atoms with Crippen molar-refractivity contribution in [2.45, 2.75) is 64.5 Å². The summed E-state index contributed by atoms with van der Waals surface area (Å²) in [6.45, 7) is 10.8.